The zero-order chi connectivity index (χ0) is 7.30. The van der Waals surface area contributed by atoms with Gasteiger partial charge in [-0.25, -0.2) is 0 Å². The summed E-state index contributed by atoms with van der Waals surface area (Å²) >= 11 is 3.03. The second-order valence-electron chi connectivity index (χ2n) is 2.39. The van der Waals surface area contributed by atoms with Crippen LogP contribution in [0.4, 0.5) is 0 Å². The van der Waals surface area contributed by atoms with Crippen molar-refractivity contribution in [2.45, 2.75) is 18.3 Å². The zero-order valence-corrected chi connectivity index (χ0v) is 6.54. The highest BCUT2D eigenvalue weighted by atomic mass is 79.9. The third-order valence-corrected chi connectivity index (χ3v) is 2.33. The Bertz CT molecular complexity index is 223. The van der Waals surface area contributed by atoms with Gasteiger partial charge in [0.25, 0.3) is 0 Å². The highest BCUT2D eigenvalue weighted by molar-refractivity contribution is 9.12. The fraction of sp³-hybridized carbons (Fsp3) is 0.500. The summed E-state index contributed by atoms with van der Waals surface area (Å²) in [6, 6.07) is 0. The number of hydrogen-bond acceptors (Lipinski definition) is 3. The van der Waals surface area contributed by atoms with Crippen molar-refractivity contribution in [3.8, 4) is 0 Å². The fourth-order valence-corrected chi connectivity index (χ4v) is 1.55. The molecule has 3 nitrogen and oxygen atoms in total. The summed E-state index contributed by atoms with van der Waals surface area (Å²) in [5.74, 6) is -0.0599. The molecule has 1 aliphatic carbocycles. The van der Waals surface area contributed by atoms with Gasteiger partial charge in [0.05, 0.1) is 4.48 Å². The second-order valence-corrected chi connectivity index (χ2v) is 3.25. The Morgan fingerprint density at radius 2 is 2.40 bits per heavy atom. The van der Waals surface area contributed by atoms with E-state index in [0.717, 1.165) is 0 Å². The number of halogens is 1. The predicted octanol–water partition coefficient (Wildman–Crippen LogP) is -0.0238. The summed E-state index contributed by atoms with van der Waals surface area (Å²) in [6.07, 6.45) is 0.205. The van der Waals surface area contributed by atoms with Gasteiger partial charge in [0.1, 0.15) is 12.2 Å². The lowest BCUT2D eigenvalue weighted by atomic mass is 10.0. The van der Waals surface area contributed by atoms with Crippen molar-refractivity contribution < 1.29 is 14.6 Å². The predicted molar refractivity (Wildman–Crippen MR) is 36.7 cm³/mol. The second kappa shape index (κ2) is 1.90. The van der Waals surface area contributed by atoms with Crippen molar-refractivity contribution >= 4 is 21.7 Å². The molecular weight excluding hydrogens is 200 g/mol. The fourth-order valence-electron chi connectivity index (χ4n) is 1.06. The number of aliphatic hydroxyl groups excluding tert-OH is 1. The lowest BCUT2D eigenvalue weighted by Crippen LogP contribution is -2.24. The van der Waals surface area contributed by atoms with E-state index in [4.69, 9.17) is 9.84 Å². The number of rotatable bonds is 0. The molecule has 0 saturated carbocycles. The van der Waals surface area contributed by atoms with Crippen LogP contribution in [0.5, 0.6) is 0 Å². The van der Waals surface area contributed by atoms with Crippen LogP contribution in [0.1, 0.15) is 0 Å². The molecule has 1 aliphatic heterocycles. The first kappa shape index (κ1) is 6.52. The normalized spacial score (nSPS) is 44.4. The number of carbonyl (C=O) groups excluding carboxylic acids is 1. The van der Waals surface area contributed by atoms with E-state index in [2.05, 4.69) is 15.9 Å². The largest absolute Gasteiger partial charge is 0.386 e. The van der Waals surface area contributed by atoms with Crippen LogP contribution in [-0.4, -0.2) is 29.2 Å². The summed E-state index contributed by atoms with van der Waals surface area (Å²) < 4.78 is 5.32. The van der Waals surface area contributed by atoms with E-state index >= 15 is 0 Å². The molecular formula is C6H5BrO3. The molecule has 0 amide bonds. The van der Waals surface area contributed by atoms with Crippen LogP contribution in [0.2, 0.25) is 0 Å². The number of epoxide rings is 1. The minimum atomic E-state index is -0.614. The molecule has 0 bridgehead atoms. The third kappa shape index (κ3) is 0.761. The van der Waals surface area contributed by atoms with Gasteiger partial charge in [-0.1, -0.05) is 0 Å². The van der Waals surface area contributed by atoms with Gasteiger partial charge in [-0.15, -0.1) is 0 Å². The van der Waals surface area contributed by atoms with Crippen molar-refractivity contribution in [2.75, 3.05) is 0 Å². The highest BCUT2D eigenvalue weighted by Gasteiger charge is 2.52. The maximum atomic E-state index is 11.0. The number of Topliss-reactive ketones (excluding diaryl/α,β-unsaturated/α-hetero) is 1. The van der Waals surface area contributed by atoms with Gasteiger partial charge in [0.15, 0.2) is 6.10 Å². The van der Waals surface area contributed by atoms with E-state index in [-0.39, 0.29) is 18.0 Å². The molecule has 3 atom stereocenters. The van der Waals surface area contributed by atoms with Crippen molar-refractivity contribution in [2.24, 2.45) is 0 Å². The summed E-state index contributed by atoms with van der Waals surface area (Å²) in [6.45, 7) is 0. The van der Waals surface area contributed by atoms with Crippen LogP contribution >= 0.6 is 15.9 Å². The van der Waals surface area contributed by atoms with Gasteiger partial charge in [-0.2, -0.15) is 0 Å². The first-order valence-electron chi connectivity index (χ1n) is 2.95. The van der Waals surface area contributed by atoms with Crippen LogP contribution in [0, 0.1) is 0 Å². The van der Waals surface area contributed by atoms with Crippen LogP contribution in [0.25, 0.3) is 0 Å². The van der Waals surface area contributed by atoms with Gasteiger partial charge >= 0.3 is 0 Å². The molecule has 54 valence electrons. The standard InChI is InChI=1S/C6H5BrO3/c7-2-1-3(8)5-6(10-5)4(2)9/h1,3,5-6,8H/t3-,5+,6-/m1/s1. The lowest BCUT2D eigenvalue weighted by Gasteiger charge is -2.06. The number of ketones is 1. The van der Waals surface area contributed by atoms with E-state index in [0.29, 0.717) is 4.48 Å². The molecule has 2 rings (SSSR count). The van der Waals surface area contributed by atoms with Crippen molar-refractivity contribution in [3.63, 3.8) is 0 Å². The highest BCUT2D eigenvalue weighted by Crippen LogP contribution is 2.35. The zero-order valence-electron chi connectivity index (χ0n) is 4.95. The molecule has 0 aromatic carbocycles. The van der Waals surface area contributed by atoms with Gasteiger partial charge in [0, 0.05) is 0 Å². The maximum absolute atomic E-state index is 11.0. The Balaban J connectivity index is 2.30. The molecule has 2 aliphatic rings. The van der Waals surface area contributed by atoms with Crippen molar-refractivity contribution in [3.05, 3.63) is 10.6 Å². The molecule has 1 fully saturated rings. The first-order valence-corrected chi connectivity index (χ1v) is 3.74. The minimum absolute atomic E-state index is 0.0599. The van der Waals surface area contributed by atoms with E-state index in [1.165, 1.54) is 6.08 Å². The SMILES string of the molecule is O=C1C(Br)=C[C@@H](O)[C@@H]2O[C@H]12. The average molecular weight is 205 g/mol. The third-order valence-electron chi connectivity index (χ3n) is 1.67. The van der Waals surface area contributed by atoms with Gasteiger partial charge in [0.2, 0.25) is 5.78 Å². The van der Waals surface area contributed by atoms with E-state index < -0.39 is 6.10 Å². The molecule has 0 radical (unpaired) electrons. The smallest absolute Gasteiger partial charge is 0.201 e. The van der Waals surface area contributed by atoms with E-state index in [1.54, 1.807) is 0 Å². The Hall–Kier alpha value is -0.190. The summed E-state index contributed by atoms with van der Waals surface area (Å²) in [4.78, 5) is 11.0. The summed E-state index contributed by atoms with van der Waals surface area (Å²) in [5.41, 5.74) is 0. The quantitative estimate of drug-likeness (QED) is 0.565. The Morgan fingerprint density at radius 3 is 3.10 bits per heavy atom. The number of aliphatic hydroxyl groups is 1. The molecule has 10 heavy (non-hydrogen) atoms. The first-order chi connectivity index (χ1) is 4.70. The van der Waals surface area contributed by atoms with Gasteiger partial charge in [-0.3, -0.25) is 4.79 Å². The van der Waals surface area contributed by atoms with Crippen LogP contribution in [0.3, 0.4) is 0 Å². The maximum Gasteiger partial charge on any atom is 0.201 e. The molecule has 4 heteroatoms. The lowest BCUT2D eigenvalue weighted by molar-refractivity contribution is -0.116. The molecule has 0 unspecified atom stereocenters. The van der Waals surface area contributed by atoms with Crippen molar-refractivity contribution in [1.82, 2.24) is 0 Å². The summed E-state index contributed by atoms with van der Waals surface area (Å²) in [7, 11) is 0. The number of fused-ring (bicyclic) bond motifs is 1. The molecule has 1 N–H and O–H groups in total. The number of hydrogen-bond donors (Lipinski definition) is 1. The molecule has 0 aromatic heterocycles. The molecule has 1 heterocycles. The van der Waals surface area contributed by atoms with Gasteiger partial charge in [-0.05, 0) is 22.0 Å². The van der Waals surface area contributed by atoms with Crippen molar-refractivity contribution in [1.29, 1.82) is 0 Å². The Morgan fingerprint density at radius 1 is 1.70 bits per heavy atom. The molecule has 1 saturated heterocycles. The van der Waals surface area contributed by atoms with Crippen LogP contribution in [0.15, 0.2) is 10.6 Å². The topological polar surface area (TPSA) is 49.8 Å². The van der Waals surface area contributed by atoms with E-state index in [9.17, 15) is 4.79 Å². The molecule has 0 spiro atoms. The Kier molecular flexibility index (Phi) is 1.24. The minimum Gasteiger partial charge on any atom is -0.386 e. The van der Waals surface area contributed by atoms with Crippen LogP contribution < -0.4 is 0 Å². The molecule has 0 aromatic rings. The average Bonchev–Trinajstić information content (AvgIpc) is 2.61. The monoisotopic (exact) mass is 204 g/mol. The number of ether oxygens (including phenoxy) is 1. The number of carbonyl (C=O) groups is 1. The van der Waals surface area contributed by atoms with E-state index in [1.807, 2.05) is 0 Å². The Labute approximate surface area is 65.8 Å². The summed E-state index contributed by atoms with van der Waals surface area (Å²) in [5, 5.41) is 9.12. The van der Waals surface area contributed by atoms with Gasteiger partial charge < -0.3 is 9.84 Å². The van der Waals surface area contributed by atoms with Crippen LogP contribution in [-0.2, 0) is 9.53 Å².